The first kappa shape index (κ1) is 11.0. The minimum atomic E-state index is -0.402. The SMILES string of the molecule is [CH2]C([SiH2]OC(C)C)C1CC=CCC1. The summed E-state index contributed by atoms with van der Waals surface area (Å²) in [7, 11) is -0.402. The van der Waals surface area contributed by atoms with Crippen molar-refractivity contribution in [2.75, 3.05) is 0 Å². The van der Waals surface area contributed by atoms with Crippen LogP contribution in [0.15, 0.2) is 12.2 Å². The van der Waals surface area contributed by atoms with Gasteiger partial charge in [0.1, 0.15) is 0 Å². The van der Waals surface area contributed by atoms with Crippen LogP contribution in [0, 0.1) is 12.8 Å². The minimum Gasteiger partial charge on any atom is -0.421 e. The Labute approximate surface area is 84.5 Å². The lowest BCUT2D eigenvalue weighted by atomic mass is 9.92. The van der Waals surface area contributed by atoms with Gasteiger partial charge in [0.2, 0.25) is 0 Å². The molecule has 0 aromatic heterocycles. The van der Waals surface area contributed by atoms with E-state index in [9.17, 15) is 0 Å². The molecule has 0 aromatic rings. The van der Waals surface area contributed by atoms with Crippen LogP contribution in [0.4, 0.5) is 0 Å². The highest BCUT2D eigenvalue weighted by atomic mass is 28.2. The lowest BCUT2D eigenvalue weighted by Gasteiger charge is -2.24. The average molecular weight is 197 g/mol. The van der Waals surface area contributed by atoms with Gasteiger partial charge in [0.05, 0.1) is 0 Å². The molecule has 0 saturated carbocycles. The van der Waals surface area contributed by atoms with Crippen molar-refractivity contribution in [3.8, 4) is 0 Å². The summed E-state index contributed by atoms with van der Waals surface area (Å²) < 4.78 is 5.71. The number of allylic oxidation sites excluding steroid dienone is 2. The third-order valence-electron chi connectivity index (χ3n) is 2.62. The summed E-state index contributed by atoms with van der Waals surface area (Å²) in [5, 5.41) is 0. The summed E-state index contributed by atoms with van der Waals surface area (Å²) in [6.45, 7) is 8.46. The van der Waals surface area contributed by atoms with E-state index in [4.69, 9.17) is 4.43 Å². The Balaban J connectivity index is 2.22. The van der Waals surface area contributed by atoms with Crippen molar-refractivity contribution in [3.05, 3.63) is 19.1 Å². The van der Waals surface area contributed by atoms with Crippen molar-refractivity contribution < 1.29 is 4.43 Å². The highest BCUT2D eigenvalue weighted by Crippen LogP contribution is 2.29. The second-order valence-electron chi connectivity index (χ2n) is 4.19. The summed E-state index contributed by atoms with van der Waals surface area (Å²) in [5.41, 5.74) is 0.604. The van der Waals surface area contributed by atoms with Gasteiger partial charge < -0.3 is 4.43 Å². The lowest BCUT2D eigenvalue weighted by molar-refractivity contribution is 0.246. The molecule has 0 bridgehead atoms. The quantitative estimate of drug-likeness (QED) is 0.497. The zero-order chi connectivity index (χ0) is 9.68. The first-order chi connectivity index (χ1) is 6.20. The van der Waals surface area contributed by atoms with E-state index in [0.29, 0.717) is 11.6 Å². The summed E-state index contributed by atoms with van der Waals surface area (Å²) in [4.78, 5) is 0. The molecule has 0 aliphatic heterocycles. The fourth-order valence-electron chi connectivity index (χ4n) is 1.70. The van der Waals surface area contributed by atoms with E-state index in [1.165, 1.54) is 19.3 Å². The van der Waals surface area contributed by atoms with E-state index < -0.39 is 9.76 Å². The maximum Gasteiger partial charge on any atom is 0.165 e. The average Bonchev–Trinajstić information content (AvgIpc) is 2.15. The summed E-state index contributed by atoms with van der Waals surface area (Å²) >= 11 is 0. The number of hydrogen-bond acceptors (Lipinski definition) is 1. The molecule has 1 aliphatic rings. The molecular weight excluding hydrogens is 176 g/mol. The van der Waals surface area contributed by atoms with Gasteiger partial charge in [0.25, 0.3) is 0 Å². The lowest BCUT2D eigenvalue weighted by Crippen LogP contribution is -2.19. The molecule has 1 rings (SSSR count). The highest BCUT2D eigenvalue weighted by molar-refractivity contribution is 6.30. The summed E-state index contributed by atoms with van der Waals surface area (Å²) in [6.07, 6.45) is 8.77. The van der Waals surface area contributed by atoms with Crippen LogP contribution in [0.25, 0.3) is 0 Å². The Hall–Kier alpha value is -0.0831. The fourth-order valence-corrected chi connectivity index (χ4v) is 3.03. The van der Waals surface area contributed by atoms with Crippen molar-refractivity contribution in [3.63, 3.8) is 0 Å². The molecule has 0 heterocycles. The van der Waals surface area contributed by atoms with Gasteiger partial charge in [0, 0.05) is 6.10 Å². The Kier molecular flexibility index (Phi) is 4.74. The predicted octanol–water partition coefficient (Wildman–Crippen LogP) is 2.47. The third kappa shape index (κ3) is 4.10. The van der Waals surface area contributed by atoms with Crippen LogP contribution >= 0.6 is 0 Å². The van der Waals surface area contributed by atoms with Gasteiger partial charge in [-0.25, -0.2) is 0 Å². The fraction of sp³-hybridized carbons (Fsp3) is 0.727. The molecule has 2 unspecified atom stereocenters. The Bertz CT molecular complexity index is 165. The molecule has 1 nitrogen and oxygen atoms in total. The van der Waals surface area contributed by atoms with Gasteiger partial charge in [0.15, 0.2) is 9.76 Å². The normalized spacial score (nSPS) is 26.0. The molecule has 2 heteroatoms. The van der Waals surface area contributed by atoms with E-state index in [0.717, 1.165) is 5.92 Å². The Morgan fingerprint density at radius 3 is 2.77 bits per heavy atom. The van der Waals surface area contributed by atoms with Crippen LogP contribution in [-0.4, -0.2) is 15.9 Å². The second-order valence-corrected chi connectivity index (χ2v) is 5.90. The van der Waals surface area contributed by atoms with Gasteiger partial charge in [-0.2, -0.15) is 0 Å². The van der Waals surface area contributed by atoms with Crippen LogP contribution in [0.2, 0.25) is 5.54 Å². The maximum atomic E-state index is 5.71. The maximum absolute atomic E-state index is 5.71. The van der Waals surface area contributed by atoms with Gasteiger partial charge >= 0.3 is 0 Å². The molecule has 0 spiro atoms. The first-order valence-electron chi connectivity index (χ1n) is 5.30. The molecule has 1 radical (unpaired) electrons. The van der Waals surface area contributed by atoms with E-state index in [-0.39, 0.29) is 0 Å². The van der Waals surface area contributed by atoms with Gasteiger partial charge in [-0.1, -0.05) is 19.1 Å². The standard InChI is InChI=1S/C11H21OSi/c1-9(2)12-13-10(3)11-7-5-4-6-8-11/h4-5,9-11H,3,6-8,13H2,1-2H3. The monoisotopic (exact) mass is 197 g/mol. The smallest absolute Gasteiger partial charge is 0.165 e. The van der Waals surface area contributed by atoms with Crippen LogP contribution in [0.1, 0.15) is 33.1 Å². The molecule has 1 aliphatic carbocycles. The first-order valence-corrected chi connectivity index (χ1v) is 6.69. The summed E-state index contributed by atoms with van der Waals surface area (Å²) in [6, 6.07) is 0. The summed E-state index contributed by atoms with van der Waals surface area (Å²) in [5.74, 6) is 0.801. The molecular formula is C11H21OSi. The molecule has 0 aromatic carbocycles. The zero-order valence-electron chi connectivity index (χ0n) is 8.83. The molecule has 2 atom stereocenters. The molecule has 0 amide bonds. The highest BCUT2D eigenvalue weighted by Gasteiger charge is 2.18. The van der Waals surface area contributed by atoms with E-state index in [1.807, 2.05) is 0 Å². The van der Waals surface area contributed by atoms with Gasteiger partial charge in [-0.3, -0.25) is 0 Å². The third-order valence-corrected chi connectivity index (χ3v) is 4.57. The largest absolute Gasteiger partial charge is 0.421 e. The Morgan fingerprint density at radius 1 is 1.46 bits per heavy atom. The molecule has 0 saturated heterocycles. The van der Waals surface area contributed by atoms with Crippen molar-refractivity contribution in [1.29, 1.82) is 0 Å². The van der Waals surface area contributed by atoms with Crippen molar-refractivity contribution >= 4 is 9.76 Å². The number of rotatable bonds is 4. The van der Waals surface area contributed by atoms with Gasteiger partial charge in [-0.05, 0) is 44.6 Å². The molecule has 75 valence electrons. The zero-order valence-corrected chi connectivity index (χ0v) is 10.2. The molecule has 13 heavy (non-hydrogen) atoms. The van der Waals surface area contributed by atoms with Crippen molar-refractivity contribution in [2.24, 2.45) is 5.92 Å². The van der Waals surface area contributed by atoms with Gasteiger partial charge in [-0.15, -0.1) is 0 Å². The van der Waals surface area contributed by atoms with Crippen LogP contribution < -0.4 is 0 Å². The van der Waals surface area contributed by atoms with Crippen molar-refractivity contribution in [1.82, 2.24) is 0 Å². The number of hydrogen-bond donors (Lipinski definition) is 0. The minimum absolute atomic E-state index is 0.398. The molecule has 0 fully saturated rings. The van der Waals surface area contributed by atoms with Crippen molar-refractivity contribution in [2.45, 2.75) is 44.8 Å². The van der Waals surface area contributed by atoms with E-state index in [1.54, 1.807) is 0 Å². The Morgan fingerprint density at radius 2 is 2.23 bits per heavy atom. The van der Waals surface area contributed by atoms with Crippen LogP contribution in [0.5, 0.6) is 0 Å². The van der Waals surface area contributed by atoms with Crippen LogP contribution in [-0.2, 0) is 4.43 Å². The van der Waals surface area contributed by atoms with Crippen LogP contribution in [0.3, 0.4) is 0 Å². The second kappa shape index (κ2) is 5.61. The van der Waals surface area contributed by atoms with E-state index >= 15 is 0 Å². The predicted molar refractivity (Wildman–Crippen MR) is 60.4 cm³/mol. The van der Waals surface area contributed by atoms with E-state index in [2.05, 4.69) is 32.9 Å². The molecule has 0 N–H and O–H groups in total. The topological polar surface area (TPSA) is 9.23 Å².